The molecule has 1 unspecified atom stereocenters. The van der Waals surface area contributed by atoms with E-state index in [1.54, 1.807) is 0 Å². The summed E-state index contributed by atoms with van der Waals surface area (Å²) in [4.78, 5) is 0. The first-order chi connectivity index (χ1) is 7.27. The molecule has 1 aromatic heterocycles. The number of rotatable bonds is 4. The second-order valence-electron chi connectivity index (χ2n) is 4.42. The standard InChI is InChI=1S/C11H19N3O/c1-9(2)14-8-12-13-11(14)6-5-10-4-3-7-15-10/h8-10H,3-7H2,1-2H3. The van der Waals surface area contributed by atoms with Crippen molar-refractivity contribution in [2.75, 3.05) is 6.61 Å². The molecule has 4 heteroatoms. The molecular formula is C11H19N3O. The molecule has 1 aromatic rings. The van der Waals surface area contributed by atoms with Crippen LogP contribution in [0, 0.1) is 0 Å². The van der Waals surface area contributed by atoms with E-state index in [9.17, 15) is 0 Å². The highest BCUT2D eigenvalue weighted by atomic mass is 16.5. The summed E-state index contributed by atoms with van der Waals surface area (Å²) in [6.45, 7) is 5.24. The van der Waals surface area contributed by atoms with Crippen LogP contribution in [0.15, 0.2) is 6.33 Å². The molecule has 1 atom stereocenters. The van der Waals surface area contributed by atoms with Gasteiger partial charge in [0.1, 0.15) is 12.2 Å². The van der Waals surface area contributed by atoms with Crippen molar-refractivity contribution < 1.29 is 4.74 Å². The van der Waals surface area contributed by atoms with Crippen LogP contribution in [0.4, 0.5) is 0 Å². The third-order valence-electron chi connectivity index (χ3n) is 2.92. The van der Waals surface area contributed by atoms with Gasteiger partial charge in [0.25, 0.3) is 0 Å². The summed E-state index contributed by atoms with van der Waals surface area (Å²) >= 11 is 0. The number of hydrogen-bond donors (Lipinski definition) is 0. The van der Waals surface area contributed by atoms with E-state index in [-0.39, 0.29) is 0 Å². The molecule has 0 aromatic carbocycles. The SMILES string of the molecule is CC(C)n1cnnc1CCC1CCCO1. The van der Waals surface area contributed by atoms with Crippen molar-refractivity contribution in [1.82, 2.24) is 14.8 Å². The summed E-state index contributed by atoms with van der Waals surface area (Å²) in [6.07, 6.45) is 6.73. The third kappa shape index (κ3) is 2.56. The molecule has 0 aliphatic carbocycles. The van der Waals surface area contributed by atoms with Gasteiger partial charge < -0.3 is 9.30 Å². The van der Waals surface area contributed by atoms with Crippen LogP contribution in [-0.4, -0.2) is 27.5 Å². The van der Waals surface area contributed by atoms with Gasteiger partial charge in [0.05, 0.1) is 6.10 Å². The third-order valence-corrected chi connectivity index (χ3v) is 2.92. The fourth-order valence-corrected chi connectivity index (χ4v) is 2.04. The normalized spacial score (nSPS) is 21.4. The van der Waals surface area contributed by atoms with Gasteiger partial charge in [-0.05, 0) is 33.1 Å². The Morgan fingerprint density at radius 1 is 1.60 bits per heavy atom. The topological polar surface area (TPSA) is 39.9 Å². The lowest BCUT2D eigenvalue weighted by molar-refractivity contribution is 0.104. The molecule has 2 heterocycles. The molecule has 0 radical (unpaired) electrons. The first-order valence-corrected chi connectivity index (χ1v) is 5.77. The van der Waals surface area contributed by atoms with Crippen molar-refractivity contribution in [2.24, 2.45) is 0 Å². The lowest BCUT2D eigenvalue weighted by Crippen LogP contribution is -2.11. The van der Waals surface area contributed by atoms with Crippen molar-refractivity contribution >= 4 is 0 Å². The van der Waals surface area contributed by atoms with E-state index in [0.29, 0.717) is 12.1 Å². The molecule has 0 bridgehead atoms. The van der Waals surface area contributed by atoms with Crippen molar-refractivity contribution in [3.63, 3.8) is 0 Å². The van der Waals surface area contributed by atoms with Gasteiger partial charge >= 0.3 is 0 Å². The summed E-state index contributed by atoms with van der Waals surface area (Å²) in [5.74, 6) is 1.08. The first kappa shape index (κ1) is 10.6. The zero-order valence-corrected chi connectivity index (χ0v) is 9.52. The van der Waals surface area contributed by atoms with E-state index >= 15 is 0 Å². The van der Waals surface area contributed by atoms with Gasteiger partial charge in [0.2, 0.25) is 0 Å². The lowest BCUT2D eigenvalue weighted by Gasteiger charge is -2.12. The Kier molecular flexibility index (Phi) is 3.36. The Morgan fingerprint density at radius 3 is 3.13 bits per heavy atom. The molecule has 2 rings (SSSR count). The zero-order chi connectivity index (χ0) is 10.7. The largest absolute Gasteiger partial charge is 0.378 e. The van der Waals surface area contributed by atoms with Crippen LogP contribution < -0.4 is 0 Å². The molecule has 0 spiro atoms. The van der Waals surface area contributed by atoms with E-state index in [1.165, 1.54) is 12.8 Å². The van der Waals surface area contributed by atoms with Gasteiger partial charge in [-0.25, -0.2) is 0 Å². The van der Waals surface area contributed by atoms with E-state index in [0.717, 1.165) is 25.3 Å². The Balaban J connectivity index is 1.89. The molecule has 1 fully saturated rings. The average Bonchev–Trinajstić information content (AvgIpc) is 2.86. The maximum atomic E-state index is 5.59. The molecule has 0 saturated carbocycles. The monoisotopic (exact) mass is 209 g/mol. The van der Waals surface area contributed by atoms with Crippen molar-refractivity contribution in [2.45, 2.75) is 51.7 Å². The van der Waals surface area contributed by atoms with Crippen LogP contribution in [0.2, 0.25) is 0 Å². The van der Waals surface area contributed by atoms with Gasteiger partial charge in [0.15, 0.2) is 0 Å². The van der Waals surface area contributed by atoms with Crippen LogP contribution >= 0.6 is 0 Å². The van der Waals surface area contributed by atoms with Gasteiger partial charge in [-0.1, -0.05) is 0 Å². The van der Waals surface area contributed by atoms with Crippen LogP contribution in [0.3, 0.4) is 0 Å². The fourth-order valence-electron chi connectivity index (χ4n) is 2.04. The zero-order valence-electron chi connectivity index (χ0n) is 9.52. The highest BCUT2D eigenvalue weighted by molar-refractivity contribution is 4.89. The predicted molar refractivity (Wildman–Crippen MR) is 57.7 cm³/mol. The van der Waals surface area contributed by atoms with Crippen LogP contribution in [0.5, 0.6) is 0 Å². The van der Waals surface area contributed by atoms with Crippen molar-refractivity contribution in [1.29, 1.82) is 0 Å². The van der Waals surface area contributed by atoms with E-state index in [2.05, 4.69) is 28.6 Å². The number of aromatic nitrogens is 3. The molecule has 1 aliphatic rings. The van der Waals surface area contributed by atoms with E-state index in [4.69, 9.17) is 4.74 Å². The highest BCUT2D eigenvalue weighted by Gasteiger charge is 2.16. The molecule has 1 aliphatic heterocycles. The number of nitrogens with zero attached hydrogens (tertiary/aromatic N) is 3. The minimum atomic E-state index is 0.444. The Hall–Kier alpha value is -0.900. The molecule has 84 valence electrons. The smallest absolute Gasteiger partial charge is 0.133 e. The number of ether oxygens (including phenoxy) is 1. The number of aryl methyl sites for hydroxylation is 1. The quantitative estimate of drug-likeness (QED) is 0.761. The van der Waals surface area contributed by atoms with Gasteiger partial charge in [-0.3, -0.25) is 0 Å². The second-order valence-corrected chi connectivity index (χ2v) is 4.42. The summed E-state index contributed by atoms with van der Waals surface area (Å²) in [6, 6.07) is 0.444. The molecule has 15 heavy (non-hydrogen) atoms. The molecule has 0 amide bonds. The molecule has 4 nitrogen and oxygen atoms in total. The second kappa shape index (κ2) is 4.75. The predicted octanol–water partition coefficient (Wildman–Crippen LogP) is 1.97. The van der Waals surface area contributed by atoms with Crippen molar-refractivity contribution in [3.05, 3.63) is 12.2 Å². The summed E-state index contributed by atoms with van der Waals surface area (Å²) in [5, 5.41) is 8.12. The van der Waals surface area contributed by atoms with Crippen LogP contribution in [0.25, 0.3) is 0 Å². The number of hydrogen-bond acceptors (Lipinski definition) is 3. The molecular weight excluding hydrogens is 190 g/mol. The average molecular weight is 209 g/mol. The maximum Gasteiger partial charge on any atom is 0.133 e. The summed E-state index contributed by atoms with van der Waals surface area (Å²) in [7, 11) is 0. The summed E-state index contributed by atoms with van der Waals surface area (Å²) < 4.78 is 7.73. The first-order valence-electron chi connectivity index (χ1n) is 5.77. The van der Waals surface area contributed by atoms with Crippen molar-refractivity contribution in [3.8, 4) is 0 Å². The Bertz CT molecular complexity index is 303. The highest BCUT2D eigenvalue weighted by Crippen LogP contribution is 2.18. The minimum absolute atomic E-state index is 0.444. The fraction of sp³-hybridized carbons (Fsp3) is 0.818. The van der Waals surface area contributed by atoms with Crippen LogP contribution in [0.1, 0.15) is 45.0 Å². The maximum absolute atomic E-state index is 5.59. The molecule has 1 saturated heterocycles. The summed E-state index contributed by atoms with van der Waals surface area (Å²) in [5.41, 5.74) is 0. The van der Waals surface area contributed by atoms with E-state index < -0.39 is 0 Å². The minimum Gasteiger partial charge on any atom is -0.378 e. The van der Waals surface area contributed by atoms with Gasteiger partial charge in [0, 0.05) is 19.1 Å². The molecule has 0 N–H and O–H groups in total. The van der Waals surface area contributed by atoms with Crippen LogP contribution in [-0.2, 0) is 11.2 Å². The Labute approximate surface area is 90.7 Å². The Morgan fingerprint density at radius 2 is 2.47 bits per heavy atom. The van der Waals surface area contributed by atoms with Gasteiger partial charge in [-0.2, -0.15) is 0 Å². The van der Waals surface area contributed by atoms with Gasteiger partial charge in [-0.15, -0.1) is 10.2 Å². The lowest BCUT2D eigenvalue weighted by atomic mass is 10.1. The van der Waals surface area contributed by atoms with E-state index in [1.807, 2.05) is 6.33 Å².